The molecule has 1 aromatic carbocycles. The average Bonchev–Trinajstić information content (AvgIpc) is 2.83. The van der Waals surface area contributed by atoms with Crippen LogP contribution >= 0.6 is 0 Å². The SMILES string of the molecule is CC(=O)OC1CC(C(F)F)OC1COCc1ccccc1. The molecule has 0 aromatic heterocycles. The van der Waals surface area contributed by atoms with Gasteiger partial charge in [-0.3, -0.25) is 4.79 Å². The van der Waals surface area contributed by atoms with Gasteiger partial charge in [0, 0.05) is 13.3 Å². The minimum Gasteiger partial charge on any atom is -0.460 e. The fourth-order valence-electron chi connectivity index (χ4n) is 2.26. The van der Waals surface area contributed by atoms with Crippen LogP contribution in [0.2, 0.25) is 0 Å². The second-order valence-electron chi connectivity index (χ2n) is 4.93. The van der Waals surface area contributed by atoms with Crippen LogP contribution in [0.25, 0.3) is 0 Å². The van der Waals surface area contributed by atoms with Gasteiger partial charge in [0.2, 0.25) is 0 Å². The number of carbonyl (C=O) groups is 1. The predicted molar refractivity (Wildman–Crippen MR) is 70.9 cm³/mol. The Morgan fingerprint density at radius 2 is 2.10 bits per heavy atom. The molecule has 0 aliphatic carbocycles. The summed E-state index contributed by atoms with van der Waals surface area (Å²) < 4.78 is 41.1. The Bertz CT molecular complexity index is 452. The molecular weight excluding hydrogens is 282 g/mol. The molecule has 21 heavy (non-hydrogen) atoms. The minimum absolute atomic E-state index is 0.00336. The smallest absolute Gasteiger partial charge is 0.302 e. The second kappa shape index (κ2) is 7.47. The summed E-state index contributed by atoms with van der Waals surface area (Å²) in [5, 5.41) is 0. The number of halogens is 2. The van der Waals surface area contributed by atoms with Crippen molar-refractivity contribution in [3.05, 3.63) is 35.9 Å². The summed E-state index contributed by atoms with van der Waals surface area (Å²) in [4.78, 5) is 11.0. The first-order valence-electron chi connectivity index (χ1n) is 6.78. The van der Waals surface area contributed by atoms with Crippen molar-refractivity contribution in [1.29, 1.82) is 0 Å². The van der Waals surface area contributed by atoms with Crippen LogP contribution in [0, 0.1) is 0 Å². The van der Waals surface area contributed by atoms with Gasteiger partial charge in [-0.2, -0.15) is 0 Å². The molecule has 4 nitrogen and oxygen atoms in total. The van der Waals surface area contributed by atoms with Crippen molar-refractivity contribution in [2.75, 3.05) is 6.61 Å². The Labute approximate surface area is 122 Å². The lowest BCUT2D eigenvalue weighted by atomic mass is 10.1. The lowest BCUT2D eigenvalue weighted by molar-refractivity contribution is -0.151. The monoisotopic (exact) mass is 300 g/mol. The van der Waals surface area contributed by atoms with Gasteiger partial charge in [-0.1, -0.05) is 30.3 Å². The van der Waals surface area contributed by atoms with Gasteiger partial charge >= 0.3 is 5.97 Å². The number of hydrogen-bond acceptors (Lipinski definition) is 4. The lowest BCUT2D eigenvalue weighted by Crippen LogP contribution is -2.30. The molecule has 0 radical (unpaired) electrons. The first-order valence-corrected chi connectivity index (χ1v) is 6.78. The van der Waals surface area contributed by atoms with E-state index < -0.39 is 30.7 Å². The zero-order chi connectivity index (χ0) is 15.2. The molecule has 3 unspecified atom stereocenters. The highest BCUT2D eigenvalue weighted by molar-refractivity contribution is 5.66. The minimum atomic E-state index is -2.60. The van der Waals surface area contributed by atoms with E-state index in [1.54, 1.807) is 0 Å². The zero-order valence-electron chi connectivity index (χ0n) is 11.7. The highest BCUT2D eigenvalue weighted by Crippen LogP contribution is 2.28. The first kappa shape index (κ1) is 15.9. The van der Waals surface area contributed by atoms with Crippen molar-refractivity contribution in [3.8, 4) is 0 Å². The predicted octanol–water partition coefficient (Wildman–Crippen LogP) is 2.56. The average molecular weight is 300 g/mol. The van der Waals surface area contributed by atoms with E-state index in [1.807, 2.05) is 30.3 Å². The zero-order valence-corrected chi connectivity index (χ0v) is 11.7. The van der Waals surface area contributed by atoms with Gasteiger partial charge in [-0.25, -0.2) is 8.78 Å². The molecule has 0 saturated carbocycles. The van der Waals surface area contributed by atoms with E-state index in [0.29, 0.717) is 6.61 Å². The van der Waals surface area contributed by atoms with Crippen LogP contribution in [-0.4, -0.2) is 37.3 Å². The molecule has 1 fully saturated rings. The summed E-state index contributed by atoms with van der Waals surface area (Å²) >= 11 is 0. The molecule has 1 aliphatic rings. The van der Waals surface area contributed by atoms with Crippen LogP contribution in [0.3, 0.4) is 0 Å². The van der Waals surface area contributed by atoms with Crippen LogP contribution in [0.15, 0.2) is 30.3 Å². The van der Waals surface area contributed by atoms with Crippen molar-refractivity contribution >= 4 is 5.97 Å². The number of benzene rings is 1. The number of carbonyl (C=O) groups excluding carboxylic acids is 1. The lowest BCUT2D eigenvalue weighted by Gasteiger charge is -2.18. The summed E-state index contributed by atoms with van der Waals surface area (Å²) in [6, 6.07) is 9.48. The summed E-state index contributed by atoms with van der Waals surface area (Å²) in [7, 11) is 0. The van der Waals surface area contributed by atoms with Crippen LogP contribution < -0.4 is 0 Å². The Kier molecular flexibility index (Phi) is 5.64. The van der Waals surface area contributed by atoms with Gasteiger partial charge in [0.1, 0.15) is 18.3 Å². The molecule has 1 aliphatic heterocycles. The van der Waals surface area contributed by atoms with Crippen LogP contribution in [0.4, 0.5) is 8.78 Å². The molecular formula is C15H18F2O4. The van der Waals surface area contributed by atoms with Gasteiger partial charge in [0.25, 0.3) is 6.43 Å². The maximum Gasteiger partial charge on any atom is 0.302 e. The molecule has 2 rings (SSSR count). The van der Waals surface area contributed by atoms with E-state index in [1.165, 1.54) is 6.92 Å². The molecule has 1 heterocycles. The largest absolute Gasteiger partial charge is 0.460 e. The summed E-state index contributed by atoms with van der Waals surface area (Å²) in [5.74, 6) is -0.508. The number of alkyl halides is 2. The third-order valence-corrected chi connectivity index (χ3v) is 3.22. The van der Waals surface area contributed by atoms with Crippen LogP contribution in [0.5, 0.6) is 0 Å². The van der Waals surface area contributed by atoms with Crippen LogP contribution in [0.1, 0.15) is 18.9 Å². The first-order chi connectivity index (χ1) is 10.1. The molecule has 0 N–H and O–H groups in total. The van der Waals surface area contributed by atoms with Crippen LogP contribution in [-0.2, 0) is 25.6 Å². The van der Waals surface area contributed by atoms with E-state index >= 15 is 0 Å². The van der Waals surface area contributed by atoms with E-state index in [2.05, 4.69) is 0 Å². The molecule has 0 spiro atoms. The fraction of sp³-hybridized carbons (Fsp3) is 0.533. The number of hydrogen-bond donors (Lipinski definition) is 0. The number of esters is 1. The maximum atomic E-state index is 12.7. The Morgan fingerprint density at radius 1 is 1.38 bits per heavy atom. The number of rotatable bonds is 6. The van der Waals surface area contributed by atoms with Gasteiger partial charge in [0.15, 0.2) is 0 Å². The van der Waals surface area contributed by atoms with Crippen molar-refractivity contribution < 1.29 is 27.8 Å². The highest BCUT2D eigenvalue weighted by Gasteiger charge is 2.41. The maximum absolute atomic E-state index is 12.7. The van der Waals surface area contributed by atoms with Crippen molar-refractivity contribution in [3.63, 3.8) is 0 Å². The van der Waals surface area contributed by atoms with E-state index in [4.69, 9.17) is 14.2 Å². The van der Waals surface area contributed by atoms with Crippen molar-refractivity contribution in [1.82, 2.24) is 0 Å². The Balaban J connectivity index is 1.85. The summed E-state index contributed by atoms with van der Waals surface area (Å²) in [6.45, 7) is 1.71. The quantitative estimate of drug-likeness (QED) is 0.757. The molecule has 0 bridgehead atoms. The van der Waals surface area contributed by atoms with Gasteiger partial charge in [0.05, 0.1) is 13.2 Å². The standard InChI is InChI=1S/C15H18F2O4/c1-10(18)20-12-7-13(15(16)17)21-14(12)9-19-8-11-5-3-2-4-6-11/h2-6,12-15H,7-9H2,1H3. The highest BCUT2D eigenvalue weighted by atomic mass is 19.3. The molecule has 6 heteroatoms. The molecule has 1 saturated heterocycles. The third kappa shape index (κ3) is 4.75. The van der Waals surface area contributed by atoms with Gasteiger partial charge in [-0.15, -0.1) is 0 Å². The molecule has 3 atom stereocenters. The van der Waals surface area contributed by atoms with Crippen molar-refractivity contribution in [2.45, 2.75) is 44.7 Å². The Hall–Kier alpha value is -1.53. The van der Waals surface area contributed by atoms with Gasteiger partial charge in [-0.05, 0) is 5.56 Å². The summed E-state index contributed by atoms with van der Waals surface area (Å²) in [5.41, 5.74) is 0.977. The van der Waals surface area contributed by atoms with E-state index in [-0.39, 0.29) is 13.0 Å². The number of ether oxygens (including phenoxy) is 3. The van der Waals surface area contributed by atoms with E-state index in [0.717, 1.165) is 5.56 Å². The normalized spacial score (nSPS) is 25.2. The second-order valence-corrected chi connectivity index (χ2v) is 4.93. The fourth-order valence-corrected chi connectivity index (χ4v) is 2.26. The van der Waals surface area contributed by atoms with Gasteiger partial charge < -0.3 is 14.2 Å². The van der Waals surface area contributed by atoms with E-state index in [9.17, 15) is 13.6 Å². The Morgan fingerprint density at radius 3 is 2.71 bits per heavy atom. The molecule has 116 valence electrons. The third-order valence-electron chi connectivity index (χ3n) is 3.22. The molecule has 1 aromatic rings. The van der Waals surface area contributed by atoms with Crippen molar-refractivity contribution in [2.24, 2.45) is 0 Å². The summed E-state index contributed by atoms with van der Waals surface area (Å²) in [6.07, 6.45) is -5.15. The topological polar surface area (TPSA) is 44.8 Å². The molecule has 0 amide bonds.